The van der Waals surface area contributed by atoms with Crippen LogP contribution in [0, 0.1) is 0 Å². The number of benzene rings is 1. The van der Waals surface area contributed by atoms with Gasteiger partial charge < -0.3 is 19.2 Å². The number of nitrogens with one attached hydrogen (secondary N) is 1. The Balaban J connectivity index is 1.43. The number of hydrogen-bond acceptors (Lipinski definition) is 6. The monoisotopic (exact) mass is 303 g/mol. The molecule has 1 aromatic heterocycles. The van der Waals surface area contributed by atoms with Crippen LogP contribution in [0.2, 0.25) is 0 Å². The lowest BCUT2D eigenvalue weighted by atomic mass is 10.2. The van der Waals surface area contributed by atoms with Crippen LogP contribution in [-0.4, -0.2) is 42.0 Å². The number of rotatable bonds is 6. The van der Waals surface area contributed by atoms with Crippen LogP contribution in [0.25, 0.3) is 11.5 Å². The van der Waals surface area contributed by atoms with E-state index in [9.17, 15) is 4.79 Å². The van der Waals surface area contributed by atoms with E-state index in [0.29, 0.717) is 18.2 Å². The first-order valence-corrected chi connectivity index (χ1v) is 7.19. The van der Waals surface area contributed by atoms with Gasteiger partial charge in [-0.1, -0.05) is 0 Å². The zero-order valence-corrected chi connectivity index (χ0v) is 12.0. The molecule has 0 radical (unpaired) electrons. The van der Waals surface area contributed by atoms with E-state index in [1.165, 1.54) is 6.39 Å². The Morgan fingerprint density at radius 3 is 2.91 bits per heavy atom. The lowest BCUT2D eigenvalue weighted by molar-refractivity contribution is -0.123. The van der Waals surface area contributed by atoms with Crippen LogP contribution in [0.1, 0.15) is 12.8 Å². The van der Waals surface area contributed by atoms with E-state index in [0.717, 1.165) is 25.0 Å². The van der Waals surface area contributed by atoms with Crippen molar-refractivity contribution >= 4 is 5.91 Å². The fourth-order valence-corrected chi connectivity index (χ4v) is 2.23. The summed E-state index contributed by atoms with van der Waals surface area (Å²) in [5.74, 6) is 0.896. The third-order valence-electron chi connectivity index (χ3n) is 3.38. The summed E-state index contributed by atoms with van der Waals surface area (Å²) in [6.45, 7) is 1.30. The van der Waals surface area contributed by atoms with Crippen LogP contribution in [0.15, 0.2) is 35.1 Å². The van der Waals surface area contributed by atoms with Gasteiger partial charge in [0.15, 0.2) is 6.61 Å². The summed E-state index contributed by atoms with van der Waals surface area (Å²) in [7, 11) is 0. The van der Waals surface area contributed by atoms with E-state index in [1.54, 1.807) is 24.3 Å². The highest BCUT2D eigenvalue weighted by molar-refractivity contribution is 5.77. The maximum atomic E-state index is 11.7. The highest BCUT2D eigenvalue weighted by Crippen LogP contribution is 2.20. The molecule has 1 aliphatic heterocycles. The molecule has 1 saturated heterocycles. The topological polar surface area (TPSA) is 86.5 Å². The first-order valence-electron chi connectivity index (χ1n) is 7.19. The molecule has 1 aromatic carbocycles. The average molecular weight is 303 g/mol. The van der Waals surface area contributed by atoms with Crippen molar-refractivity contribution in [3.8, 4) is 17.2 Å². The van der Waals surface area contributed by atoms with Crippen molar-refractivity contribution in [2.24, 2.45) is 0 Å². The van der Waals surface area contributed by atoms with Crippen LogP contribution in [0.3, 0.4) is 0 Å². The predicted octanol–water partition coefficient (Wildman–Crippen LogP) is 1.41. The summed E-state index contributed by atoms with van der Waals surface area (Å²) >= 11 is 0. The summed E-state index contributed by atoms with van der Waals surface area (Å²) in [4.78, 5) is 11.7. The van der Waals surface area contributed by atoms with Gasteiger partial charge in [0, 0.05) is 18.7 Å². The molecule has 7 nitrogen and oxygen atoms in total. The second-order valence-corrected chi connectivity index (χ2v) is 5.00. The summed E-state index contributed by atoms with van der Waals surface area (Å²) in [6, 6.07) is 7.11. The molecule has 1 unspecified atom stereocenters. The number of aromatic nitrogens is 2. The molecule has 1 atom stereocenters. The minimum atomic E-state index is -0.156. The molecular weight excluding hydrogens is 286 g/mol. The molecule has 0 saturated carbocycles. The maximum Gasteiger partial charge on any atom is 0.258 e. The molecule has 7 heteroatoms. The van der Waals surface area contributed by atoms with E-state index >= 15 is 0 Å². The molecule has 22 heavy (non-hydrogen) atoms. The van der Waals surface area contributed by atoms with Gasteiger partial charge in [-0.3, -0.25) is 4.79 Å². The Labute approximate surface area is 127 Å². The molecule has 1 aliphatic rings. The first kappa shape index (κ1) is 14.5. The number of carbonyl (C=O) groups is 1. The number of ether oxygens (including phenoxy) is 2. The van der Waals surface area contributed by atoms with Crippen molar-refractivity contribution in [2.75, 3.05) is 19.8 Å². The van der Waals surface area contributed by atoms with E-state index in [4.69, 9.17) is 13.9 Å². The Hall–Kier alpha value is -2.41. The number of hydrogen-bond donors (Lipinski definition) is 1. The first-order chi connectivity index (χ1) is 10.8. The largest absolute Gasteiger partial charge is 0.484 e. The molecular formula is C15H17N3O4. The minimum Gasteiger partial charge on any atom is -0.484 e. The van der Waals surface area contributed by atoms with Crippen molar-refractivity contribution in [1.82, 2.24) is 15.5 Å². The predicted molar refractivity (Wildman–Crippen MR) is 77.2 cm³/mol. The molecule has 0 aliphatic carbocycles. The van der Waals surface area contributed by atoms with Gasteiger partial charge in [0.2, 0.25) is 12.3 Å². The smallest absolute Gasteiger partial charge is 0.258 e. The van der Waals surface area contributed by atoms with E-state index in [1.807, 2.05) is 0 Å². The fraction of sp³-hybridized carbons (Fsp3) is 0.400. The van der Waals surface area contributed by atoms with Crippen molar-refractivity contribution in [1.29, 1.82) is 0 Å². The van der Waals surface area contributed by atoms with Crippen LogP contribution in [0.5, 0.6) is 5.75 Å². The Morgan fingerprint density at radius 1 is 1.36 bits per heavy atom. The standard InChI is InChI=1S/C15H17N3O4/c19-14(16-8-13-2-1-7-20-13)9-21-12-5-3-11(4-6-12)15-18-17-10-22-15/h3-6,10,13H,1-2,7-9H2,(H,16,19). The molecule has 1 amide bonds. The van der Waals surface area contributed by atoms with Gasteiger partial charge in [-0.15, -0.1) is 10.2 Å². The van der Waals surface area contributed by atoms with Crippen LogP contribution in [-0.2, 0) is 9.53 Å². The summed E-state index contributed by atoms with van der Waals surface area (Å²) in [5.41, 5.74) is 0.799. The highest BCUT2D eigenvalue weighted by Gasteiger charge is 2.16. The van der Waals surface area contributed by atoms with Gasteiger partial charge in [-0.2, -0.15) is 0 Å². The molecule has 116 valence electrons. The fourth-order valence-electron chi connectivity index (χ4n) is 2.23. The van der Waals surface area contributed by atoms with Gasteiger partial charge in [0.1, 0.15) is 5.75 Å². The molecule has 1 fully saturated rings. The highest BCUT2D eigenvalue weighted by atomic mass is 16.5. The minimum absolute atomic E-state index is 0.0212. The molecule has 3 rings (SSSR count). The lowest BCUT2D eigenvalue weighted by Crippen LogP contribution is -2.35. The number of amides is 1. The van der Waals surface area contributed by atoms with Crippen LogP contribution >= 0.6 is 0 Å². The summed E-state index contributed by atoms with van der Waals surface area (Å²) in [5, 5.41) is 10.2. The van der Waals surface area contributed by atoms with E-state index in [2.05, 4.69) is 15.5 Å². The van der Waals surface area contributed by atoms with Gasteiger partial charge in [0.05, 0.1) is 6.10 Å². The second kappa shape index (κ2) is 7.04. The normalized spacial score (nSPS) is 17.4. The van der Waals surface area contributed by atoms with Crippen molar-refractivity contribution in [3.05, 3.63) is 30.7 Å². The Morgan fingerprint density at radius 2 is 2.23 bits per heavy atom. The van der Waals surface area contributed by atoms with Gasteiger partial charge in [-0.25, -0.2) is 0 Å². The van der Waals surface area contributed by atoms with Crippen LogP contribution in [0.4, 0.5) is 0 Å². The number of nitrogens with zero attached hydrogens (tertiary/aromatic N) is 2. The zero-order valence-electron chi connectivity index (χ0n) is 12.0. The zero-order chi connectivity index (χ0) is 15.2. The number of carbonyl (C=O) groups excluding carboxylic acids is 1. The molecule has 2 heterocycles. The van der Waals surface area contributed by atoms with Crippen LogP contribution < -0.4 is 10.1 Å². The quantitative estimate of drug-likeness (QED) is 0.868. The Kier molecular flexibility index (Phi) is 4.65. The SMILES string of the molecule is O=C(COc1ccc(-c2nnco2)cc1)NCC1CCCO1. The molecule has 2 aromatic rings. The second-order valence-electron chi connectivity index (χ2n) is 5.00. The summed E-state index contributed by atoms with van der Waals surface area (Å²) < 4.78 is 16.0. The van der Waals surface area contributed by atoms with E-state index in [-0.39, 0.29) is 18.6 Å². The molecule has 1 N–H and O–H groups in total. The third kappa shape index (κ3) is 3.82. The third-order valence-corrected chi connectivity index (χ3v) is 3.38. The molecule has 0 bridgehead atoms. The van der Waals surface area contributed by atoms with Gasteiger partial charge in [-0.05, 0) is 37.1 Å². The maximum absolute atomic E-state index is 11.7. The average Bonchev–Trinajstić information content (AvgIpc) is 3.24. The molecule has 0 spiro atoms. The van der Waals surface area contributed by atoms with Gasteiger partial charge in [0.25, 0.3) is 5.91 Å². The van der Waals surface area contributed by atoms with Crippen molar-refractivity contribution in [3.63, 3.8) is 0 Å². The van der Waals surface area contributed by atoms with Crippen molar-refractivity contribution < 1.29 is 18.7 Å². The van der Waals surface area contributed by atoms with Crippen molar-refractivity contribution in [2.45, 2.75) is 18.9 Å². The Bertz CT molecular complexity index is 592. The summed E-state index contributed by atoms with van der Waals surface area (Å²) in [6.07, 6.45) is 3.47. The van der Waals surface area contributed by atoms with E-state index < -0.39 is 0 Å². The lowest BCUT2D eigenvalue weighted by Gasteiger charge is -2.11. The van der Waals surface area contributed by atoms with Gasteiger partial charge >= 0.3 is 0 Å².